The second kappa shape index (κ2) is 11.4. The molecule has 1 aliphatic rings. The number of ether oxygens (including phenoxy) is 2. The molecule has 0 saturated carbocycles. The summed E-state index contributed by atoms with van der Waals surface area (Å²) in [6, 6.07) is 22.0. The monoisotopic (exact) mass is 524 g/mol. The standard InChI is InChI=1S/C31H32N4O4/c1-21(2)23-7-6-8-27(19-23)39-28-20-32-35(25-13-15-26(38-3)16-14-25)31(37)29(28)33-24-11-9-22(10-12-24)30(36)34-17-4-5-18-34/h6-16,19-21,33H,4-5,17-18H2,1-3H3. The van der Waals surface area contributed by atoms with Crippen molar-refractivity contribution in [3.63, 3.8) is 0 Å². The Bertz CT molecular complexity index is 1510. The zero-order valence-electron chi connectivity index (χ0n) is 22.4. The van der Waals surface area contributed by atoms with Gasteiger partial charge in [0.05, 0.1) is 19.0 Å². The molecule has 1 N–H and O–H groups in total. The fraction of sp³-hybridized carbons (Fsp3) is 0.258. The van der Waals surface area contributed by atoms with Crippen LogP contribution in [0.15, 0.2) is 83.8 Å². The Labute approximate surface area is 227 Å². The number of carbonyl (C=O) groups excluding carboxylic acids is 1. The second-order valence-electron chi connectivity index (χ2n) is 9.83. The topological polar surface area (TPSA) is 85.7 Å². The third kappa shape index (κ3) is 5.80. The zero-order valence-corrected chi connectivity index (χ0v) is 22.4. The highest BCUT2D eigenvalue weighted by Crippen LogP contribution is 2.31. The molecule has 0 bridgehead atoms. The van der Waals surface area contributed by atoms with Crippen molar-refractivity contribution in [3.05, 3.63) is 100 Å². The van der Waals surface area contributed by atoms with Gasteiger partial charge in [0.1, 0.15) is 11.5 Å². The molecular weight excluding hydrogens is 492 g/mol. The third-order valence-electron chi connectivity index (χ3n) is 6.81. The predicted molar refractivity (Wildman–Crippen MR) is 152 cm³/mol. The maximum atomic E-state index is 13.7. The van der Waals surface area contributed by atoms with Gasteiger partial charge in [-0.15, -0.1) is 0 Å². The van der Waals surface area contributed by atoms with Gasteiger partial charge in [-0.25, -0.2) is 0 Å². The number of nitrogens with one attached hydrogen (secondary N) is 1. The molecule has 3 aromatic carbocycles. The largest absolute Gasteiger partial charge is 0.497 e. The average Bonchev–Trinajstić information content (AvgIpc) is 3.50. The van der Waals surface area contributed by atoms with Crippen LogP contribution in [-0.4, -0.2) is 40.8 Å². The molecule has 0 unspecified atom stereocenters. The normalized spacial score (nSPS) is 13.0. The van der Waals surface area contributed by atoms with Crippen molar-refractivity contribution in [1.29, 1.82) is 0 Å². The number of anilines is 2. The predicted octanol–water partition coefficient (Wildman–Crippen LogP) is 6.14. The van der Waals surface area contributed by atoms with E-state index < -0.39 is 0 Å². The first-order valence-corrected chi connectivity index (χ1v) is 13.1. The molecule has 0 atom stereocenters. The van der Waals surface area contributed by atoms with Gasteiger partial charge in [0.15, 0.2) is 11.4 Å². The lowest BCUT2D eigenvalue weighted by molar-refractivity contribution is 0.0793. The molecule has 1 amide bonds. The molecule has 5 rings (SSSR count). The van der Waals surface area contributed by atoms with Crippen LogP contribution in [0, 0.1) is 0 Å². The summed E-state index contributed by atoms with van der Waals surface area (Å²) in [6.45, 7) is 5.81. The first-order valence-electron chi connectivity index (χ1n) is 13.1. The smallest absolute Gasteiger partial charge is 0.299 e. The number of hydrogen-bond donors (Lipinski definition) is 1. The van der Waals surface area contributed by atoms with Gasteiger partial charge < -0.3 is 19.7 Å². The Hall–Kier alpha value is -4.59. The van der Waals surface area contributed by atoms with Crippen LogP contribution in [0.25, 0.3) is 5.69 Å². The van der Waals surface area contributed by atoms with Crippen molar-refractivity contribution in [2.75, 3.05) is 25.5 Å². The molecule has 2 heterocycles. The molecule has 0 radical (unpaired) electrons. The Morgan fingerprint density at radius 3 is 2.33 bits per heavy atom. The number of nitrogens with zero attached hydrogens (tertiary/aromatic N) is 3. The number of methoxy groups -OCH3 is 1. The Balaban J connectivity index is 1.49. The number of carbonyl (C=O) groups is 1. The van der Waals surface area contributed by atoms with E-state index in [1.54, 1.807) is 55.6 Å². The van der Waals surface area contributed by atoms with Gasteiger partial charge in [-0.3, -0.25) is 9.59 Å². The zero-order chi connectivity index (χ0) is 27.4. The number of likely N-dealkylation sites (tertiary alicyclic amines) is 1. The van der Waals surface area contributed by atoms with Gasteiger partial charge in [0, 0.05) is 24.3 Å². The summed E-state index contributed by atoms with van der Waals surface area (Å²) in [5, 5.41) is 7.61. The summed E-state index contributed by atoms with van der Waals surface area (Å²) in [6.07, 6.45) is 3.61. The van der Waals surface area contributed by atoms with Gasteiger partial charge >= 0.3 is 0 Å². The maximum Gasteiger partial charge on any atom is 0.299 e. The first-order chi connectivity index (χ1) is 18.9. The maximum absolute atomic E-state index is 13.7. The van der Waals surface area contributed by atoms with Crippen molar-refractivity contribution in [2.24, 2.45) is 0 Å². The minimum atomic E-state index is -0.380. The van der Waals surface area contributed by atoms with Crippen LogP contribution >= 0.6 is 0 Å². The van der Waals surface area contributed by atoms with Crippen molar-refractivity contribution in [2.45, 2.75) is 32.6 Å². The van der Waals surface area contributed by atoms with Gasteiger partial charge in [0.25, 0.3) is 11.5 Å². The van der Waals surface area contributed by atoms with Crippen molar-refractivity contribution >= 4 is 17.3 Å². The summed E-state index contributed by atoms with van der Waals surface area (Å²) in [4.78, 5) is 28.4. The van der Waals surface area contributed by atoms with E-state index in [1.807, 2.05) is 29.2 Å². The summed E-state index contributed by atoms with van der Waals surface area (Å²) in [5.74, 6) is 1.94. The fourth-order valence-electron chi connectivity index (χ4n) is 4.55. The Kier molecular flexibility index (Phi) is 7.63. The van der Waals surface area contributed by atoms with E-state index in [-0.39, 0.29) is 17.2 Å². The van der Waals surface area contributed by atoms with Crippen molar-refractivity contribution < 1.29 is 14.3 Å². The highest BCUT2D eigenvalue weighted by Gasteiger charge is 2.20. The van der Waals surface area contributed by atoms with Gasteiger partial charge in [-0.2, -0.15) is 9.78 Å². The lowest BCUT2D eigenvalue weighted by Crippen LogP contribution is -2.27. The fourth-order valence-corrected chi connectivity index (χ4v) is 4.55. The minimum Gasteiger partial charge on any atom is -0.497 e. The van der Waals surface area contributed by atoms with Crippen LogP contribution < -0.4 is 20.3 Å². The Morgan fingerprint density at radius 2 is 1.67 bits per heavy atom. The lowest BCUT2D eigenvalue weighted by Gasteiger charge is -2.17. The Morgan fingerprint density at radius 1 is 0.949 bits per heavy atom. The highest BCUT2D eigenvalue weighted by atomic mass is 16.5. The van der Waals surface area contributed by atoms with E-state index in [4.69, 9.17) is 9.47 Å². The first kappa shape index (κ1) is 26.0. The van der Waals surface area contributed by atoms with E-state index in [0.717, 1.165) is 31.5 Å². The molecule has 8 nitrogen and oxygen atoms in total. The van der Waals surface area contributed by atoms with E-state index in [0.29, 0.717) is 40.1 Å². The molecule has 0 spiro atoms. The summed E-state index contributed by atoms with van der Waals surface area (Å²) >= 11 is 0. The minimum absolute atomic E-state index is 0.0267. The molecule has 8 heteroatoms. The molecule has 200 valence electrons. The molecule has 1 aromatic heterocycles. The summed E-state index contributed by atoms with van der Waals surface area (Å²) in [5.41, 5.74) is 2.83. The molecule has 39 heavy (non-hydrogen) atoms. The molecular formula is C31H32N4O4. The van der Waals surface area contributed by atoms with Crippen LogP contribution in [0.4, 0.5) is 11.4 Å². The van der Waals surface area contributed by atoms with Crippen LogP contribution in [0.2, 0.25) is 0 Å². The number of hydrogen-bond acceptors (Lipinski definition) is 6. The quantitative estimate of drug-likeness (QED) is 0.298. The number of benzene rings is 3. The summed E-state index contributed by atoms with van der Waals surface area (Å²) < 4.78 is 12.7. The van der Waals surface area contributed by atoms with Crippen LogP contribution in [0.3, 0.4) is 0 Å². The molecule has 1 fully saturated rings. The van der Waals surface area contributed by atoms with E-state index >= 15 is 0 Å². The second-order valence-corrected chi connectivity index (χ2v) is 9.83. The average molecular weight is 525 g/mol. The SMILES string of the molecule is COc1ccc(-n2ncc(Oc3cccc(C(C)C)c3)c(Nc3ccc(C(=O)N4CCCC4)cc3)c2=O)cc1. The highest BCUT2D eigenvalue weighted by molar-refractivity contribution is 5.94. The van der Waals surface area contributed by atoms with Crippen LogP contribution in [0.1, 0.15) is 48.5 Å². The molecule has 1 aliphatic heterocycles. The van der Waals surface area contributed by atoms with E-state index in [2.05, 4.69) is 24.3 Å². The summed E-state index contributed by atoms with van der Waals surface area (Å²) in [7, 11) is 1.59. The molecule has 0 aliphatic carbocycles. The van der Waals surface area contributed by atoms with Gasteiger partial charge in [0.2, 0.25) is 0 Å². The van der Waals surface area contributed by atoms with E-state index in [9.17, 15) is 9.59 Å². The molecule has 1 saturated heterocycles. The van der Waals surface area contributed by atoms with Crippen LogP contribution in [-0.2, 0) is 0 Å². The van der Waals surface area contributed by atoms with E-state index in [1.165, 1.54) is 10.9 Å². The third-order valence-corrected chi connectivity index (χ3v) is 6.81. The van der Waals surface area contributed by atoms with Crippen molar-refractivity contribution in [3.8, 4) is 22.9 Å². The van der Waals surface area contributed by atoms with Gasteiger partial charge in [-0.05, 0) is 85.0 Å². The number of amides is 1. The molecule has 4 aromatic rings. The lowest BCUT2D eigenvalue weighted by atomic mass is 10.0. The number of rotatable bonds is 8. The van der Waals surface area contributed by atoms with Gasteiger partial charge in [-0.1, -0.05) is 26.0 Å². The van der Waals surface area contributed by atoms with Crippen molar-refractivity contribution in [1.82, 2.24) is 14.7 Å². The van der Waals surface area contributed by atoms with Crippen LogP contribution in [0.5, 0.6) is 17.2 Å². The number of aromatic nitrogens is 2.